The van der Waals surface area contributed by atoms with E-state index in [-0.39, 0.29) is 12.5 Å². The van der Waals surface area contributed by atoms with E-state index >= 15 is 0 Å². The van der Waals surface area contributed by atoms with Crippen LogP contribution in [0.15, 0.2) is 28.7 Å². The number of carboxylic acid groups (broad SMARTS) is 1. The van der Waals surface area contributed by atoms with Crippen LogP contribution < -0.4 is 10.6 Å². The summed E-state index contributed by atoms with van der Waals surface area (Å²) >= 11 is 3.36. The summed E-state index contributed by atoms with van der Waals surface area (Å²) in [6.07, 6.45) is 1.27. The van der Waals surface area contributed by atoms with E-state index in [9.17, 15) is 9.59 Å². The van der Waals surface area contributed by atoms with Crippen LogP contribution in [-0.4, -0.2) is 30.2 Å². The fourth-order valence-corrected chi connectivity index (χ4v) is 1.74. The number of urea groups is 1. The molecule has 5 nitrogen and oxygen atoms in total. The fourth-order valence-electron chi connectivity index (χ4n) is 1.48. The lowest BCUT2D eigenvalue weighted by molar-refractivity contribution is -0.137. The van der Waals surface area contributed by atoms with E-state index in [0.29, 0.717) is 19.5 Å². The van der Waals surface area contributed by atoms with Gasteiger partial charge in [0.2, 0.25) is 0 Å². The van der Waals surface area contributed by atoms with Crippen LogP contribution >= 0.6 is 15.9 Å². The Labute approximate surface area is 120 Å². The lowest BCUT2D eigenvalue weighted by Gasteiger charge is -2.07. The lowest BCUT2D eigenvalue weighted by Crippen LogP contribution is -2.37. The summed E-state index contributed by atoms with van der Waals surface area (Å²) in [5.74, 6) is -0.850. The number of hydrogen-bond donors (Lipinski definition) is 3. The largest absolute Gasteiger partial charge is 0.481 e. The van der Waals surface area contributed by atoms with Gasteiger partial charge in [0.15, 0.2) is 0 Å². The van der Waals surface area contributed by atoms with Crippen molar-refractivity contribution in [3.63, 3.8) is 0 Å². The maximum absolute atomic E-state index is 11.4. The van der Waals surface area contributed by atoms with Gasteiger partial charge in [0.05, 0.1) is 0 Å². The zero-order valence-electron chi connectivity index (χ0n) is 10.5. The van der Waals surface area contributed by atoms with Crippen LogP contribution in [0.25, 0.3) is 0 Å². The molecule has 19 heavy (non-hydrogen) atoms. The highest BCUT2D eigenvalue weighted by atomic mass is 79.9. The minimum Gasteiger partial charge on any atom is -0.481 e. The van der Waals surface area contributed by atoms with Crippen LogP contribution in [0.5, 0.6) is 0 Å². The third-order valence-corrected chi connectivity index (χ3v) is 2.99. The first kappa shape index (κ1) is 15.5. The van der Waals surface area contributed by atoms with E-state index in [0.717, 1.165) is 16.5 Å². The Morgan fingerprint density at radius 1 is 1.11 bits per heavy atom. The molecule has 104 valence electrons. The summed E-state index contributed by atoms with van der Waals surface area (Å²) in [4.78, 5) is 21.6. The number of amides is 2. The number of hydrogen-bond acceptors (Lipinski definition) is 2. The Morgan fingerprint density at radius 3 is 2.37 bits per heavy atom. The van der Waals surface area contributed by atoms with Crippen molar-refractivity contribution in [1.82, 2.24) is 10.6 Å². The van der Waals surface area contributed by atoms with Crippen LogP contribution in [0.4, 0.5) is 4.79 Å². The molecule has 2 amide bonds. The van der Waals surface area contributed by atoms with Crippen LogP contribution in [0, 0.1) is 0 Å². The topological polar surface area (TPSA) is 78.4 Å². The molecule has 0 saturated carbocycles. The standard InChI is InChI=1S/C13H17BrN2O3/c14-11-5-3-10(4-6-11)7-9-16-13(19)15-8-1-2-12(17)18/h3-6H,1-2,7-9H2,(H,17,18)(H2,15,16,19). The second kappa shape index (κ2) is 8.53. The number of halogens is 1. The van der Waals surface area contributed by atoms with Crippen LogP contribution in [0.3, 0.4) is 0 Å². The van der Waals surface area contributed by atoms with Crippen molar-refractivity contribution >= 4 is 27.9 Å². The van der Waals surface area contributed by atoms with Gasteiger partial charge in [0, 0.05) is 24.0 Å². The van der Waals surface area contributed by atoms with Crippen molar-refractivity contribution in [3.05, 3.63) is 34.3 Å². The Bertz CT molecular complexity index is 420. The van der Waals surface area contributed by atoms with Crippen LogP contribution in [0.2, 0.25) is 0 Å². The van der Waals surface area contributed by atoms with Crippen molar-refractivity contribution in [2.24, 2.45) is 0 Å². The predicted molar refractivity (Wildman–Crippen MR) is 76.1 cm³/mol. The third-order valence-electron chi connectivity index (χ3n) is 2.47. The maximum Gasteiger partial charge on any atom is 0.314 e. The monoisotopic (exact) mass is 328 g/mol. The molecule has 0 aromatic heterocycles. The molecule has 0 unspecified atom stereocenters. The van der Waals surface area contributed by atoms with Gasteiger partial charge >= 0.3 is 12.0 Å². The van der Waals surface area contributed by atoms with Gasteiger partial charge in [-0.25, -0.2) is 4.79 Å². The lowest BCUT2D eigenvalue weighted by atomic mass is 10.1. The number of carbonyl (C=O) groups excluding carboxylic acids is 1. The summed E-state index contributed by atoms with van der Waals surface area (Å²) in [7, 11) is 0. The smallest absolute Gasteiger partial charge is 0.314 e. The average Bonchev–Trinajstić information content (AvgIpc) is 2.37. The first-order valence-electron chi connectivity index (χ1n) is 6.06. The van der Waals surface area contributed by atoms with Gasteiger partial charge < -0.3 is 15.7 Å². The van der Waals surface area contributed by atoms with Gasteiger partial charge in [-0.15, -0.1) is 0 Å². The normalized spacial score (nSPS) is 9.95. The van der Waals surface area contributed by atoms with Gasteiger partial charge in [-0.3, -0.25) is 4.79 Å². The van der Waals surface area contributed by atoms with E-state index < -0.39 is 5.97 Å². The number of benzene rings is 1. The third kappa shape index (κ3) is 7.46. The molecule has 1 aromatic rings. The fraction of sp³-hybridized carbons (Fsp3) is 0.385. The molecule has 0 aliphatic rings. The molecule has 6 heteroatoms. The van der Waals surface area contributed by atoms with E-state index in [1.807, 2.05) is 24.3 Å². The summed E-state index contributed by atoms with van der Waals surface area (Å²) in [5, 5.41) is 13.8. The molecule has 0 saturated heterocycles. The molecule has 0 fully saturated rings. The average molecular weight is 329 g/mol. The predicted octanol–water partition coefficient (Wildman–Crippen LogP) is 2.16. The molecular weight excluding hydrogens is 312 g/mol. The molecular formula is C13H17BrN2O3. The number of carboxylic acids is 1. The highest BCUT2D eigenvalue weighted by Gasteiger charge is 2.01. The van der Waals surface area contributed by atoms with Gasteiger partial charge in [-0.05, 0) is 30.5 Å². The number of aliphatic carboxylic acids is 1. The number of nitrogens with one attached hydrogen (secondary N) is 2. The molecule has 1 aromatic carbocycles. The summed E-state index contributed by atoms with van der Waals surface area (Å²) < 4.78 is 1.03. The highest BCUT2D eigenvalue weighted by molar-refractivity contribution is 9.10. The molecule has 1 rings (SSSR count). The summed E-state index contributed by atoms with van der Waals surface area (Å²) in [6, 6.07) is 7.65. The Morgan fingerprint density at radius 2 is 1.74 bits per heavy atom. The van der Waals surface area contributed by atoms with E-state index in [4.69, 9.17) is 5.11 Å². The van der Waals surface area contributed by atoms with E-state index in [2.05, 4.69) is 26.6 Å². The Kier molecular flexibility index (Phi) is 6.95. The molecule has 0 aliphatic heterocycles. The maximum atomic E-state index is 11.4. The summed E-state index contributed by atoms with van der Waals surface area (Å²) in [6.45, 7) is 0.919. The van der Waals surface area contributed by atoms with Gasteiger partial charge in [0.25, 0.3) is 0 Å². The molecule has 0 bridgehead atoms. The van der Waals surface area contributed by atoms with E-state index in [1.165, 1.54) is 0 Å². The Balaban J connectivity index is 2.10. The van der Waals surface area contributed by atoms with E-state index in [1.54, 1.807) is 0 Å². The van der Waals surface area contributed by atoms with Crippen molar-refractivity contribution < 1.29 is 14.7 Å². The molecule has 0 spiro atoms. The Hall–Kier alpha value is -1.56. The van der Waals surface area contributed by atoms with Crippen molar-refractivity contribution in [1.29, 1.82) is 0 Å². The second-order valence-corrected chi connectivity index (χ2v) is 4.97. The second-order valence-electron chi connectivity index (χ2n) is 4.06. The van der Waals surface area contributed by atoms with Gasteiger partial charge in [0.1, 0.15) is 0 Å². The van der Waals surface area contributed by atoms with Crippen molar-refractivity contribution in [3.8, 4) is 0 Å². The molecule has 0 aliphatic carbocycles. The molecule has 0 atom stereocenters. The summed E-state index contributed by atoms with van der Waals surface area (Å²) in [5.41, 5.74) is 1.15. The quantitative estimate of drug-likeness (QED) is 0.671. The number of carbonyl (C=O) groups is 2. The van der Waals surface area contributed by atoms with Gasteiger partial charge in [-0.1, -0.05) is 28.1 Å². The van der Waals surface area contributed by atoms with Crippen LogP contribution in [0.1, 0.15) is 18.4 Å². The van der Waals surface area contributed by atoms with Crippen molar-refractivity contribution in [2.75, 3.05) is 13.1 Å². The highest BCUT2D eigenvalue weighted by Crippen LogP contribution is 2.10. The number of rotatable bonds is 7. The first-order chi connectivity index (χ1) is 9.08. The van der Waals surface area contributed by atoms with Crippen molar-refractivity contribution in [2.45, 2.75) is 19.3 Å². The minimum atomic E-state index is -0.850. The minimum absolute atomic E-state index is 0.0686. The van der Waals surface area contributed by atoms with Gasteiger partial charge in [-0.2, -0.15) is 0 Å². The zero-order chi connectivity index (χ0) is 14.1. The SMILES string of the molecule is O=C(O)CCCNC(=O)NCCc1ccc(Br)cc1. The molecule has 0 heterocycles. The first-order valence-corrected chi connectivity index (χ1v) is 6.85. The molecule has 0 radical (unpaired) electrons. The van der Waals surface area contributed by atoms with Crippen LogP contribution in [-0.2, 0) is 11.2 Å². The zero-order valence-corrected chi connectivity index (χ0v) is 12.1. The molecule has 3 N–H and O–H groups in total.